The first-order valence-electron chi connectivity index (χ1n) is 12.0. The van der Waals surface area contributed by atoms with Crippen LogP contribution >= 0.6 is 0 Å². The third-order valence-corrected chi connectivity index (χ3v) is 6.98. The number of hydrogen-bond acceptors (Lipinski definition) is 4. The van der Waals surface area contributed by atoms with Crippen molar-refractivity contribution in [2.45, 2.75) is 19.9 Å². The van der Waals surface area contributed by atoms with Gasteiger partial charge in [0.2, 0.25) is 0 Å². The average Bonchev–Trinajstić information content (AvgIpc) is 3.26. The first-order valence-corrected chi connectivity index (χ1v) is 12.0. The number of benzene rings is 3. The van der Waals surface area contributed by atoms with E-state index in [0.717, 1.165) is 11.4 Å². The summed E-state index contributed by atoms with van der Waals surface area (Å²) in [5.41, 5.74) is 3.69. The van der Waals surface area contributed by atoms with Gasteiger partial charge in [0, 0.05) is 25.4 Å². The first kappa shape index (κ1) is 24.0. The van der Waals surface area contributed by atoms with E-state index in [1.165, 1.54) is 0 Å². The summed E-state index contributed by atoms with van der Waals surface area (Å²) in [7, 11) is 3.64. The number of phenols is 1. The standard InChI is InChI=1S/C29H29N5O3/c1-19-25(28(36)33(31(19)3)21-13-7-5-8-14-21)27(23-17-11-12-18-24(23)35)30-26-20(2)32(4)34(29(26)37)22-15-9-6-10-16-22/h5-18,27,30,35H,1-4H3/t27-/m1/s1. The number of rotatable bonds is 6. The van der Waals surface area contributed by atoms with E-state index < -0.39 is 6.04 Å². The van der Waals surface area contributed by atoms with Crippen molar-refractivity contribution in [2.24, 2.45) is 14.1 Å². The molecule has 37 heavy (non-hydrogen) atoms. The molecular formula is C29H29N5O3. The van der Waals surface area contributed by atoms with E-state index >= 15 is 0 Å². The Balaban J connectivity index is 1.72. The van der Waals surface area contributed by atoms with Gasteiger partial charge in [0.05, 0.1) is 28.7 Å². The highest BCUT2D eigenvalue weighted by molar-refractivity contribution is 5.56. The van der Waals surface area contributed by atoms with Gasteiger partial charge < -0.3 is 10.4 Å². The number of nitrogens with zero attached hydrogens (tertiary/aromatic N) is 4. The lowest BCUT2D eigenvalue weighted by Crippen LogP contribution is -2.27. The smallest absolute Gasteiger partial charge is 0.295 e. The van der Waals surface area contributed by atoms with Crippen LogP contribution in [0.2, 0.25) is 0 Å². The average molecular weight is 496 g/mol. The van der Waals surface area contributed by atoms with Crippen LogP contribution < -0.4 is 16.4 Å². The molecule has 0 saturated heterocycles. The Labute approximate surface area is 214 Å². The van der Waals surface area contributed by atoms with E-state index in [4.69, 9.17) is 0 Å². The van der Waals surface area contributed by atoms with Gasteiger partial charge in [0.15, 0.2) is 0 Å². The van der Waals surface area contributed by atoms with Crippen molar-refractivity contribution in [3.63, 3.8) is 0 Å². The largest absolute Gasteiger partial charge is 0.508 e. The molecular weight excluding hydrogens is 466 g/mol. The highest BCUT2D eigenvalue weighted by atomic mass is 16.3. The van der Waals surface area contributed by atoms with Gasteiger partial charge in [-0.3, -0.25) is 19.0 Å². The molecule has 3 aromatic carbocycles. The number of aromatic hydroxyl groups is 1. The number of anilines is 1. The second-order valence-corrected chi connectivity index (χ2v) is 9.05. The quantitative estimate of drug-likeness (QED) is 0.370. The van der Waals surface area contributed by atoms with E-state index in [9.17, 15) is 14.7 Å². The molecule has 0 bridgehead atoms. The zero-order valence-corrected chi connectivity index (χ0v) is 21.2. The maximum absolute atomic E-state index is 13.9. The lowest BCUT2D eigenvalue weighted by molar-refractivity contribution is 0.466. The Hall–Kier alpha value is -4.72. The van der Waals surface area contributed by atoms with Crippen molar-refractivity contribution in [2.75, 3.05) is 5.32 Å². The summed E-state index contributed by atoms with van der Waals surface area (Å²) >= 11 is 0. The van der Waals surface area contributed by atoms with E-state index in [0.29, 0.717) is 28.2 Å². The molecule has 0 unspecified atom stereocenters. The van der Waals surface area contributed by atoms with E-state index in [1.807, 2.05) is 88.6 Å². The minimum atomic E-state index is -0.775. The molecule has 5 rings (SSSR count). The second kappa shape index (κ2) is 9.39. The van der Waals surface area contributed by atoms with E-state index in [2.05, 4.69) is 5.32 Å². The van der Waals surface area contributed by atoms with Crippen molar-refractivity contribution in [3.8, 4) is 17.1 Å². The van der Waals surface area contributed by atoms with Crippen LogP contribution in [0.25, 0.3) is 11.4 Å². The Morgan fingerprint density at radius 2 is 1.16 bits per heavy atom. The second-order valence-electron chi connectivity index (χ2n) is 9.05. The number of nitrogens with one attached hydrogen (secondary N) is 1. The molecule has 0 aliphatic rings. The number of hydrogen-bond donors (Lipinski definition) is 2. The molecule has 2 aromatic heterocycles. The monoisotopic (exact) mass is 495 g/mol. The van der Waals surface area contributed by atoms with Crippen LogP contribution in [0.15, 0.2) is 94.5 Å². The Bertz CT molecular complexity index is 1690. The van der Waals surface area contributed by atoms with Crippen LogP contribution in [0.1, 0.15) is 28.6 Å². The van der Waals surface area contributed by atoms with Crippen molar-refractivity contribution >= 4 is 5.69 Å². The van der Waals surface area contributed by atoms with Gasteiger partial charge in [-0.15, -0.1) is 0 Å². The number of para-hydroxylation sites is 3. The molecule has 0 saturated carbocycles. The van der Waals surface area contributed by atoms with Crippen molar-refractivity contribution in [1.82, 2.24) is 18.7 Å². The van der Waals surface area contributed by atoms with Gasteiger partial charge in [-0.05, 0) is 44.2 Å². The molecule has 1 atom stereocenters. The molecule has 8 heteroatoms. The van der Waals surface area contributed by atoms with Crippen molar-refractivity contribution in [1.29, 1.82) is 0 Å². The summed E-state index contributed by atoms with van der Waals surface area (Å²) in [6, 6.07) is 24.9. The van der Waals surface area contributed by atoms with Gasteiger partial charge in [-0.1, -0.05) is 54.6 Å². The fraction of sp³-hybridized carbons (Fsp3) is 0.172. The summed E-state index contributed by atoms with van der Waals surface area (Å²) in [6.45, 7) is 3.72. The Morgan fingerprint density at radius 1 is 0.676 bits per heavy atom. The van der Waals surface area contributed by atoms with Crippen molar-refractivity contribution in [3.05, 3.63) is 128 Å². The minimum absolute atomic E-state index is 0.0332. The van der Waals surface area contributed by atoms with Crippen LogP contribution in [0.3, 0.4) is 0 Å². The lowest BCUT2D eigenvalue weighted by atomic mass is 9.97. The highest BCUT2D eigenvalue weighted by Crippen LogP contribution is 2.33. The molecule has 0 aliphatic heterocycles. The molecule has 0 aliphatic carbocycles. The summed E-state index contributed by atoms with van der Waals surface area (Å²) in [5.74, 6) is 0.0332. The zero-order valence-electron chi connectivity index (χ0n) is 21.2. The molecule has 0 spiro atoms. The van der Waals surface area contributed by atoms with Gasteiger partial charge >= 0.3 is 0 Å². The number of phenolic OH excluding ortho intramolecular Hbond substituents is 1. The van der Waals surface area contributed by atoms with Crippen molar-refractivity contribution < 1.29 is 5.11 Å². The fourth-order valence-corrected chi connectivity index (χ4v) is 4.84. The zero-order chi connectivity index (χ0) is 26.3. The molecule has 188 valence electrons. The lowest BCUT2D eigenvalue weighted by Gasteiger charge is -2.20. The predicted octanol–water partition coefficient (Wildman–Crippen LogP) is 4.19. The van der Waals surface area contributed by atoms with E-state index in [-0.39, 0.29) is 16.9 Å². The van der Waals surface area contributed by atoms with E-state index in [1.54, 1.807) is 43.0 Å². The van der Waals surface area contributed by atoms with Gasteiger partial charge in [-0.25, -0.2) is 9.36 Å². The van der Waals surface area contributed by atoms with Gasteiger partial charge in [-0.2, -0.15) is 0 Å². The Morgan fingerprint density at radius 3 is 1.73 bits per heavy atom. The first-order chi connectivity index (χ1) is 17.8. The SMILES string of the molecule is Cc1c(N[C@H](c2ccccc2O)c2c(C)n(C)n(-c3ccccc3)c2=O)c(=O)n(-c2ccccc2)n1C. The minimum Gasteiger partial charge on any atom is -0.508 e. The number of aromatic nitrogens is 4. The van der Waals surface area contributed by atoms with Crippen LogP contribution in [0.4, 0.5) is 5.69 Å². The fourth-order valence-electron chi connectivity index (χ4n) is 4.84. The molecule has 0 amide bonds. The van der Waals surface area contributed by atoms with Crippen LogP contribution in [-0.4, -0.2) is 23.8 Å². The molecule has 8 nitrogen and oxygen atoms in total. The van der Waals surface area contributed by atoms with Crippen LogP contribution in [0.5, 0.6) is 5.75 Å². The van der Waals surface area contributed by atoms with Gasteiger partial charge in [0.1, 0.15) is 11.4 Å². The highest BCUT2D eigenvalue weighted by Gasteiger charge is 2.29. The molecule has 2 heterocycles. The third-order valence-electron chi connectivity index (χ3n) is 6.98. The molecule has 2 N–H and O–H groups in total. The maximum atomic E-state index is 13.9. The maximum Gasteiger partial charge on any atom is 0.295 e. The predicted molar refractivity (Wildman–Crippen MR) is 145 cm³/mol. The summed E-state index contributed by atoms with van der Waals surface area (Å²) in [4.78, 5) is 27.6. The molecule has 5 aromatic rings. The normalized spacial score (nSPS) is 12.0. The van der Waals surface area contributed by atoms with Crippen LogP contribution in [0, 0.1) is 13.8 Å². The third kappa shape index (κ3) is 3.96. The van der Waals surface area contributed by atoms with Gasteiger partial charge in [0.25, 0.3) is 11.1 Å². The summed E-state index contributed by atoms with van der Waals surface area (Å²) in [6.07, 6.45) is 0. The summed E-state index contributed by atoms with van der Waals surface area (Å²) < 4.78 is 6.75. The van der Waals surface area contributed by atoms with Crippen LogP contribution in [-0.2, 0) is 14.1 Å². The molecule has 0 fully saturated rings. The Kier molecular flexibility index (Phi) is 6.09. The molecule has 0 radical (unpaired) electrons. The summed E-state index contributed by atoms with van der Waals surface area (Å²) in [5, 5.41) is 14.2. The topological polar surface area (TPSA) is 86.1 Å².